The molecule has 8 heteroatoms. The van der Waals surface area contributed by atoms with Crippen LogP contribution in [0.1, 0.15) is 42.1 Å². The molecule has 2 saturated heterocycles. The van der Waals surface area contributed by atoms with E-state index in [4.69, 9.17) is 4.74 Å². The van der Waals surface area contributed by atoms with Gasteiger partial charge in [-0.15, -0.1) is 0 Å². The van der Waals surface area contributed by atoms with E-state index in [1.165, 1.54) is 0 Å². The predicted molar refractivity (Wildman–Crippen MR) is 95.7 cm³/mol. The highest BCUT2D eigenvalue weighted by atomic mass is 16.5. The summed E-state index contributed by atoms with van der Waals surface area (Å²) in [6.07, 6.45) is 3.06. The molecular weight excluding hydrogens is 350 g/mol. The number of amides is 4. The average molecular weight is 373 g/mol. The average Bonchev–Trinajstić information content (AvgIpc) is 2.99. The summed E-state index contributed by atoms with van der Waals surface area (Å²) in [5.41, 5.74) is 1.03. The monoisotopic (exact) mass is 373 g/mol. The van der Waals surface area contributed by atoms with Gasteiger partial charge in [0, 0.05) is 12.6 Å². The molecule has 1 N–H and O–H groups in total. The van der Waals surface area contributed by atoms with Gasteiger partial charge in [-0.05, 0) is 43.9 Å². The summed E-state index contributed by atoms with van der Waals surface area (Å²) in [6.45, 7) is 2.59. The van der Waals surface area contributed by atoms with Gasteiger partial charge in [-0.2, -0.15) is 0 Å². The minimum atomic E-state index is -0.574. The maximum atomic E-state index is 12.2. The van der Waals surface area contributed by atoms with Gasteiger partial charge in [0.2, 0.25) is 5.91 Å². The Morgan fingerprint density at radius 1 is 1.19 bits per heavy atom. The van der Waals surface area contributed by atoms with Crippen LogP contribution in [0, 0.1) is 0 Å². The zero-order valence-corrected chi connectivity index (χ0v) is 15.3. The van der Waals surface area contributed by atoms with Crippen LogP contribution >= 0.6 is 0 Å². The number of urea groups is 1. The van der Waals surface area contributed by atoms with Crippen molar-refractivity contribution < 1.29 is 23.9 Å². The lowest BCUT2D eigenvalue weighted by atomic mass is 10.0. The number of carbonyl (C=O) groups excluding carboxylic acids is 4. The molecule has 2 aliphatic heterocycles. The van der Waals surface area contributed by atoms with Crippen molar-refractivity contribution in [1.82, 2.24) is 15.1 Å². The Hall–Kier alpha value is -2.90. The quantitative estimate of drug-likeness (QED) is 0.620. The number of hydrogen-bond acceptors (Lipinski definition) is 5. The number of nitrogens with one attached hydrogen (secondary N) is 1. The van der Waals surface area contributed by atoms with Gasteiger partial charge >= 0.3 is 12.0 Å². The molecule has 1 aromatic rings. The molecule has 2 heterocycles. The van der Waals surface area contributed by atoms with Crippen molar-refractivity contribution in [3.05, 3.63) is 35.4 Å². The molecule has 2 fully saturated rings. The number of likely N-dealkylation sites (tertiary alicyclic amines) is 1. The van der Waals surface area contributed by atoms with Crippen molar-refractivity contribution in [3.63, 3.8) is 0 Å². The maximum Gasteiger partial charge on any atom is 0.338 e. The number of piperidine rings is 1. The fourth-order valence-corrected chi connectivity index (χ4v) is 3.31. The Balaban J connectivity index is 1.52. The van der Waals surface area contributed by atoms with Gasteiger partial charge in [0.1, 0.15) is 0 Å². The van der Waals surface area contributed by atoms with E-state index in [0.717, 1.165) is 29.7 Å². The van der Waals surface area contributed by atoms with Crippen LogP contribution in [0.3, 0.4) is 0 Å². The first-order chi connectivity index (χ1) is 13.0. The number of esters is 1. The number of hydrogen-bond donors (Lipinski definition) is 1. The van der Waals surface area contributed by atoms with Crippen LogP contribution in [-0.2, 0) is 20.9 Å². The summed E-state index contributed by atoms with van der Waals surface area (Å²) in [4.78, 5) is 50.4. The highest BCUT2D eigenvalue weighted by Crippen LogP contribution is 2.17. The standard InChI is InChI=1S/C19H23N3O5/c1-13-4-2-3-9-21(13)17(24)12-27-18(25)15-7-5-14(6-8-15)11-22-16(23)10-20-19(22)26/h5-8,13H,2-4,9-12H2,1H3,(H,20,26)/t13-/m0/s1. The molecule has 1 atom stereocenters. The summed E-state index contributed by atoms with van der Waals surface area (Å²) < 4.78 is 5.14. The minimum absolute atomic E-state index is 0.00685. The van der Waals surface area contributed by atoms with Gasteiger partial charge in [-0.3, -0.25) is 14.5 Å². The number of ether oxygens (including phenoxy) is 1. The van der Waals surface area contributed by atoms with Crippen molar-refractivity contribution in [2.45, 2.75) is 38.8 Å². The largest absolute Gasteiger partial charge is 0.452 e. The van der Waals surface area contributed by atoms with E-state index in [0.29, 0.717) is 12.1 Å². The number of carbonyl (C=O) groups is 4. The summed E-state index contributed by atoms with van der Waals surface area (Å²) in [6, 6.07) is 6.19. The summed E-state index contributed by atoms with van der Waals surface area (Å²) >= 11 is 0. The zero-order chi connectivity index (χ0) is 19.4. The second kappa shape index (κ2) is 8.20. The third kappa shape index (κ3) is 4.45. The van der Waals surface area contributed by atoms with E-state index >= 15 is 0 Å². The molecule has 0 aromatic heterocycles. The number of nitrogens with zero attached hydrogens (tertiary/aromatic N) is 2. The molecule has 0 unspecified atom stereocenters. The molecular formula is C19H23N3O5. The highest BCUT2D eigenvalue weighted by Gasteiger charge is 2.28. The lowest BCUT2D eigenvalue weighted by molar-refractivity contribution is -0.137. The van der Waals surface area contributed by atoms with Crippen LogP contribution in [0.25, 0.3) is 0 Å². The normalized spacial score (nSPS) is 19.8. The second-order valence-electron chi connectivity index (χ2n) is 6.84. The molecule has 144 valence electrons. The first kappa shape index (κ1) is 18.9. The molecule has 0 radical (unpaired) electrons. The van der Waals surface area contributed by atoms with Crippen LogP contribution in [0.4, 0.5) is 4.79 Å². The molecule has 27 heavy (non-hydrogen) atoms. The predicted octanol–water partition coefficient (Wildman–Crippen LogP) is 1.30. The molecule has 0 saturated carbocycles. The lowest BCUT2D eigenvalue weighted by Gasteiger charge is -2.33. The zero-order valence-electron chi connectivity index (χ0n) is 15.3. The van der Waals surface area contributed by atoms with Crippen LogP contribution < -0.4 is 5.32 Å². The van der Waals surface area contributed by atoms with Gasteiger partial charge < -0.3 is 15.0 Å². The smallest absolute Gasteiger partial charge is 0.338 e. The summed E-state index contributed by atoms with van der Waals surface area (Å²) in [5, 5.41) is 2.45. The first-order valence-corrected chi connectivity index (χ1v) is 9.09. The van der Waals surface area contributed by atoms with E-state index in [1.807, 2.05) is 6.92 Å². The van der Waals surface area contributed by atoms with Gasteiger partial charge in [-0.25, -0.2) is 9.59 Å². The van der Waals surface area contributed by atoms with Crippen LogP contribution in [0.5, 0.6) is 0 Å². The van der Waals surface area contributed by atoms with Crippen molar-refractivity contribution in [1.29, 1.82) is 0 Å². The topological polar surface area (TPSA) is 96.0 Å². The Kier molecular flexibility index (Phi) is 5.73. The lowest BCUT2D eigenvalue weighted by Crippen LogP contribution is -2.44. The third-order valence-corrected chi connectivity index (χ3v) is 4.92. The van der Waals surface area contributed by atoms with Crippen LogP contribution in [-0.4, -0.2) is 59.4 Å². The van der Waals surface area contributed by atoms with E-state index in [-0.39, 0.29) is 37.6 Å². The van der Waals surface area contributed by atoms with E-state index < -0.39 is 12.0 Å². The van der Waals surface area contributed by atoms with Gasteiger partial charge in [0.05, 0.1) is 18.7 Å². The van der Waals surface area contributed by atoms with Crippen molar-refractivity contribution in [3.8, 4) is 0 Å². The second-order valence-corrected chi connectivity index (χ2v) is 6.84. The van der Waals surface area contributed by atoms with Crippen LogP contribution in [0.15, 0.2) is 24.3 Å². The molecule has 0 bridgehead atoms. The van der Waals surface area contributed by atoms with E-state index in [1.54, 1.807) is 29.2 Å². The Labute approximate surface area is 157 Å². The van der Waals surface area contributed by atoms with Gasteiger partial charge in [-0.1, -0.05) is 12.1 Å². The molecule has 1 aromatic carbocycles. The first-order valence-electron chi connectivity index (χ1n) is 9.09. The number of benzene rings is 1. The molecule has 2 aliphatic rings. The van der Waals surface area contributed by atoms with E-state index in [2.05, 4.69) is 5.32 Å². The third-order valence-electron chi connectivity index (χ3n) is 4.92. The Morgan fingerprint density at radius 3 is 2.56 bits per heavy atom. The van der Waals surface area contributed by atoms with Crippen molar-refractivity contribution in [2.24, 2.45) is 0 Å². The van der Waals surface area contributed by atoms with Crippen molar-refractivity contribution >= 4 is 23.8 Å². The highest BCUT2D eigenvalue weighted by molar-refractivity contribution is 6.01. The van der Waals surface area contributed by atoms with Crippen molar-refractivity contribution in [2.75, 3.05) is 19.7 Å². The number of rotatable bonds is 5. The Bertz CT molecular complexity index is 730. The number of imide groups is 1. The van der Waals surface area contributed by atoms with E-state index in [9.17, 15) is 19.2 Å². The van der Waals surface area contributed by atoms with Crippen LogP contribution in [0.2, 0.25) is 0 Å². The fourth-order valence-electron chi connectivity index (χ4n) is 3.31. The SMILES string of the molecule is C[C@H]1CCCCN1C(=O)COC(=O)c1ccc(CN2C(=O)CNC2=O)cc1. The maximum absolute atomic E-state index is 12.2. The summed E-state index contributed by atoms with van der Waals surface area (Å²) in [7, 11) is 0. The summed E-state index contributed by atoms with van der Waals surface area (Å²) in [5.74, 6) is -1.03. The molecule has 8 nitrogen and oxygen atoms in total. The molecule has 0 aliphatic carbocycles. The van der Waals surface area contributed by atoms with Gasteiger partial charge in [0.15, 0.2) is 6.61 Å². The molecule has 4 amide bonds. The molecule has 3 rings (SSSR count). The molecule has 0 spiro atoms. The van der Waals surface area contributed by atoms with Gasteiger partial charge in [0.25, 0.3) is 5.91 Å². The fraction of sp³-hybridized carbons (Fsp3) is 0.474. The Morgan fingerprint density at radius 2 is 1.93 bits per heavy atom. The minimum Gasteiger partial charge on any atom is -0.452 e.